The average Bonchev–Trinajstić information content (AvgIpc) is 1.53. The largest absolute Gasteiger partial charge is 0.464 e. The van der Waals surface area contributed by atoms with Crippen LogP contribution < -0.4 is 65.1 Å². The van der Waals surface area contributed by atoms with Crippen molar-refractivity contribution in [2.45, 2.75) is 323 Å². The van der Waals surface area contributed by atoms with E-state index >= 15 is 0 Å². The molecule has 135 heavy (non-hydrogen) atoms. The van der Waals surface area contributed by atoms with E-state index in [4.69, 9.17) is 37.8 Å². The van der Waals surface area contributed by atoms with Crippen molar-refractivity contribution in [1.82, 2.24) is 62.6 Å². The van der Waals surface area contributed by atoms with Crippen LogP contribution in [0.1, 0.15) is 256 Å². The predicted molar refractivity (Wildman–Crippen MR) is 500 cm³/mol. The van der Waals surface area contributed by atoms with E-state index in [2.05, 4.69) is 53.8 Å². The number of likely N-dealkylation sites (tertiary alicyclic amines) is 3. The Hall–Kier alpha value is -10.8. The number of primary amides is 3. The number of piperidine rings is 3. The highest BCUT2D eigenvalue weighted by molar-refractivity contribution is 6.39. The van der Waals surface area contributed by atoms with Gasteiger partial charge in [-0.2, -0.15) is 0 Å². The first-order valence-electron chi connectivity index (χ1n) is 47.5. The van der Waals surface area contributed by atoms with Gasteiger partial charge in [0.2, 0.25) is 52.8 Å². The average molecular weight is 1890 g/mol. The Bertz CT molecular complexity index is 4710. The summed E-state index contributed by atoms with van der Waals surface area (Å²) < 4.78 is 16.2. The molecular formula is C99H153N15O21. The molecule has 6 saturated carbocycles. The lowest BCUT2D eigenvalue weighted by Crippen LogP contribution is -2.62. The Morgan fingerprint density at radius 3 is 0.941 bits per heavy atom. The van der Waals surface area contributed by atoms with Gasteiger partial charge in [0.05, 0.1) is 24.7 Å². The van der Waals surface area contributed by atoms with Gasteiger partial charge in [0.15, 0.2) is 6.61 Å². The number of nitrogens with one attached hydrogen (secondary N) is 9. The summed E-state index contributed by atoms with van der Waals surface area (Å²) in [5.74, 6) is -8.38. The Morgan fingerprint density at radius 1 is 0.400 bits per heavy atom. The quantitative estimate of drug-likeness (QED) is 0.0149. The highest BCUT2D eigenvalue weighted by Crippen LogP contribution is 2.67. The lowest BCUT2D eigenvalue weighted by Gasteiger charge is -2.38. The van der Waals surface area contributed by atoms with E-state index in [9.17, 15) is 86.3 Å². The van der Waals surface area contributed by atoms with Gasteiger partial charge >= 0.3 is 36.0 Å². The number of Topliss-reactive ketones (excluding diaryl/α,β-unsaturated/α-hetero) is 3. The smallest absolute Gasteiger partial charge is 0.329 e. The Kier molecular flexibility index (Phi) is 33.8. The number of benzene rings is 1. The van der Waals surface area contributed by atoms with Crippen molar-refractivity contribution in [2.75, 3.05) is 32.8 Å². The molecule has 1 aromatic rings. The van der Waals surface area contributed by atoms with Crippen LogP contribution in [0.2, 0.25) is 0 Å². The van der Waals surface area contributed by atoms with Crippen LogP contribution in [0.15, 0.2) is 30.3 Å². The number of ketones is 3. The number of fused-ring (bicyclic) bond motifs is 3. The molecule has 3 saturated heterocycles. The third-order valence-electron chi connectivity index (χ3n) is 28.3. The van der Waals surface area contributed by atoms with Gasteiger partial charge in [-0.25, -0.2) is 28.8 Å². The minimum atomic E-state index is -1.11. The van der Waals surface area contributed by atoms with Gasteiger partial charge in [0.1, 0.15) is 60.5 Å². The third-order valence-corrected chi connectivity index (χ3v) is 28.3. The van der Waals surface area contributed by atoms with Crippen molar-refractivity contribution in [3.05, 3.63) is 35.9 Å². The van der Waals surface area contributed by atoms with E-state index in [1.54, 1.807) is 83.1 Å². The maximum Gasteiger partial charge on any atom is 0.329 e. The Labute approximate surface area is 795 Å². The van der Waals surface area contributed by atoms with Gasteiger partial charge in [0, 0.05) is 19.6 Å². The van der Waals surface area contributed by atoms with Crippen molar-refractivity contribution >= 4 is 107 Å². The molecule has 3 unspecified atom stereocenters. The van der Waals surface area contributed by atoms with E-state index in [0.717, 1.165) is 44.1 Å². The normalized spacial score (nSPS) is 24.2. The summed E-state index contributed by atoms with van der Waals surface area (Å²) in [5, 5.41) is 24.6. The van der Waals surface area contributed by atoms with Crippen LogP contribution in [0.5, 0.6) is 0 Å². The molecule has 6 aliphatic carbocycles. The van der Waals surface area contributed by atoms with Gasteiger partial charge in [-0.3, -0.25) is 57.5 Å². The first-order chi connectivity index (χ1) is 61.9. The van der Waals surface area contributed by atoms with Crippen LogP contribution in [0.3, 0.4) is 0 Å². The van der Waals surface area contributed by atoms with E-state index in [0.29, 0.717) is 38.9 Å². The number of nitrogens with two attached hydrogens (primary N) is 3. The van der Waals surface area contributed by atoms with Crippen molar-refractivity contribution in [1.29, 1.82) is 0 Å². The van der Waals surface area contributed by atoms with Gasteiger partial charge in [-0.05, 0) is 140 Å². The zero-order valence-electron chi connectivity index (χ0n) is 84.3. The van der Waals surface area contributed by atoms with Crippen LogP contribution in [-0.4, -0.2) is 227 Å². The lowest BCUT2D eigenvalue weighted by molar-refractivity contribution is -0.154. The van der Waals surface area contributed by atoms with Crippen molar-refractivity contribution in [2.24, 2.45) is 125 Å². The number of carbonyl (C=O) groups excluding carboxylic acids is 18. The number of terminal acetylenes is 1. The molecule has 36 heteroatoms. The van der Waals surface area contributed by atoms with Crippen LogP contribution in [0.4, 0.5) is 14.4 Å². The van der Waals surface area contributed by atoms with Crippen LogP contribution in [-0.2, 0) is 86.1 Å². The topological polar surface area (TPSA) is 531 Å². The molecule has 3 aliphatic heterocycles. The molecule has 9 fully saturated rings. The fourth-order valence-corrected chi connectivity index (χ4v) is 19.2. The van der Waals surface area contributed by atoms with Gasteiger partial charge < -0.3 is 94.0 Å². The summed E-state index contributed by atoms with van der Waals surface area (Å²) in [4.78, 5) is 240. The first-order valence-corrected chi connectivity index (χ1v) is 47.5. The molecule has 0 spiro atoms. The van der Waals surface area contributed by atoms with Crippen LogP contribution in [0.25, 0.3) is 0 Å². The van der Waals surface area contributed by atoms with Crippen molar-refractivity contribution < 1.29 is 101 Å². The molecular weight excluding hydrogens is 1740 g/mol. The SMILES string of the molecule is C#CCOC(=O)[C@@H](NC(=O)N[C@H](C(=O)N1C[C@H]2[C@@H]([C@H]1C(=O)NC(CC1CC1)C(=O)C(N)=O)C2(C)C)C(C)(C)C)C(C)C.CC(C)(C)COC(=O)[C@@H](NC(=O)N[C@H](C(=O)N1C[C@H]2[C@@H]([C@H]1C(=O)NC(CC1CC1)C(=O)C(N)=O)C2(C)C)C(C)(C)C)C(C)(C)C.C[C@@H](OC(=O)[C@@H](NC(=O)N[C@H](C(=O)N1C[C@H]2[C@@H]([C@H]1C(=O)NC(CC1CC1)C(=O)C(N)=O)C2(C)C)C(C)(C)C)C(C)(C)C)c1ccccc1. The van der Waals surface area contributed by atoms with Crippen molar-refractivity contribution in [3.8, 4) is 12.3 Å². The summed E-state index contributed by atoms with van der Waals surface area (Å²) in [6, 6.07) is -4.94. The second-order valence-corrected chi connectivity index (χ2v) is 47.6. The molecule has 19 atom stereocenters. The second kappa shape index (κ2) is 41.7. The van der Waals surface area contributed by atoms with E-state index < -0.39 is 212 Å². The van der Waals surface area contributed by atoms with E-state index in [-0.39, 0.29) is 94.1 Å². The summed E-state index contributed by atoms with van der Waals surface area (Å²) in [7, 11) is 0. The lowest BCUT2D eigenvalue weighted by atomic mass is 9.85. The number of hydrogen-bond acceptors (Lipinski definition) is 21. The number of carbonyl (C=O) groups is 18. The van der Waals surface area contributed by atoms with Crippen LogP contribution in [0, 0.1) is 120 Å². The number of esters is 3. The standard InChI is InChI=1S/C36H53N5O7.C33H55N5O7.C30H45N5O7/c1-19(21-13-11-10-12-14-21)48-32(46)28(35(5,6)7)40-33(47)39-27(34(2,3)4)31(45)41-18-22-24(36(22,8)9)25(41)30(44)38-23(17-20-15-16-20)26(42)29(37)43;1-30(2,3)16-45-28(43)24(32(7,8)9)37-29(44)36-23(31(4,5)6)27(42)38-15-18-20(33(18,10)11)21(38)26(41)35-19(14-17-12-13-17)22(39)25(34)40;1-9-12-42-27(40)20(15(2)3)33-28(41)34-23(29(4,5)6)26(39)35-14-17-19(30(17,7)8)21(35)25(38)32-18(13-16-10-11-16)22(36)24(31)37/h10-14,19-20,22-25,27-28H,15-18H2,1-9H3,(H2,37,43)(H,38,44)(H2,39,40,47);17-21,23-24H,12-16H2,1-11H3,(H2,34,40)(H,35,41)(H2,36,37,44);1,15-21,23H,10-14H2,2-8H3,(H2,31,37)(H,32,38)(H2,33,34,41)/t19-,22+,23?,24+,25+,27-,28-;18-,19?,20-,21-,23+,24+;17-,18?,19-,20-,21-,23+/m100/s1. The summed E-state index contributed by atoms with van der Waals surface area (Å²) in [5.41, 5.74) is 12.0. The zero-order chi connectivity index (χ0) is 102. The van der Waals surface area contributed by atoms with E-state index in [1.165, 1.54) is 14.7 Å². The number of ether oxygens (including phenoxy) is 3. The molecule has 0 radical (unpaired) electrons. The molecule has 15 amide bonds. The number of amides is 15. The molecule has 750 valence electrons. The Balaban J connectivity index is 0.000000250. The summed E-state index contributed by atoms with van der Waals surface area (Å²) in [6.45, 7) is 51.1. The number of rotatable bonds is 35. The van der Waals surface area contributed by atoms with Gasteiger partial charge in [0.25, 0.3) is 17.7 Å². The summed E-state index contributed by atoms with van der Waals surface area (Å²) in [6.07, 6.45) is 11.0. The maximum absolute atomic E-state index is 14.3. The third kappa shape index (κ3) is 27.6. The molecule has 0 bridgehead atoms. The first kappa shape index (κ1) is 110. The fraction of sp³-hybridized carbons (Fsp3) is 0.737. The second-order valence-electron chi connectivity index (χ2n) is 47.6. The summed E-state index contributed by atoms with van der Waals surface area (Å²) >= 11 is 0. The zero-order valence-corrected chi connectivity index (χ0v) is 84.3. The fourth-order valence-electron chi connectivity index (χ4n) is 19.2. The van der Waals surface area contributed by atoms with Crippen molar-refractivity contribution in [3.63, 3.8) is 0 Å². The molecule has 15 N–H and O–H groups in total. The monoisotopic (exact) mass is 1890 g/mol. The number of hydrogen-bond donors (Lipinski definition) is 12. The number of urea groups is 3. The van der Waals surface area contributed by atoms with Gasteiger partial charge in [-0.15, -0.1) is 6.42 Å². The molecule has 10 rings (SSSR count). The Morgan fingerprint density at radius 2 is 0.681 bits per heavy atom. The highest BCUT2D eigenvalue weighted by atomic mass is 16.5. The molecule has 3 heterocycles. The highest BCUT2D eigenvalue weighted by Gasteiger charge is 2.73. The van der Waals surface area contributed by atoms with Crippen LogP contribution >= 0.6 is 0 Å². The number of nitrogens with zero attached hydrogens (tertiary/aromatic N) is 3. The molecule has 36 nitrogen and oxygen atoms in total. The maximum atomic E-state index is 14.3. The minimum absolute atomic E-state index is 0.0482. The molecule has 0 aromatic heterocycles. The molecule has 1 aromatic carbocycles. The minimum Gasteiger partial charge on any atom is -0.464 e. The van der Waals surface area contributed by atoms with Gasteiger partial charge in [-0.1, -0.05) is 255 Å². The van der Waals surface area contributed by atoms with E-state index in [1.807, 2.05) is 134 Å². The molecule has 9 aliphatic rings. The predicted octanol–water partition coefficient (Wildman–Crippen LogP) is 6.49.